The zero-order chi connectivity index (χ0) is 40.8. The molecule has 0 aliphatic carbocycles. The Hall–Kier alpha value is -4.58. The van der Waals surface area contributed by atoms with Gasteiger partial charge in [0, 0.05) is 22.3 Å². The molecule has 298 valence electrons. The van der Waals surface area contributed by atoms with Crippen molar-refractivity contribution in [3.63, 3.8) is 0 Å². The Kier molecular flexibility index (Phi) is 11.3. The SMILES string of the molecule is CCC(C)(C)c1cc2c(c(C(C)(C)CC)c1)OC(=O)C2c1ccc(OCCOc2ccc(C3C(=O)Oc4c3cc(C(C)(C)CC)cc4C(C)(C)CC)cc2)cc1. The van der Waals surface area contributed by atoms with Gasteiger partial charge in [-0.1, -0.05) is 132 Å². The van der Waals surface area contributed by atoms with Crippen molar-refractivity contribution in [2.75, 3.05) is 13.2 Å². The molecular formula is C50H62O6. The Bertz CT molecular complexity index is 1930. The molecule has 0 saturated carbocycles. The lowest BCUT2D eigenvalue weighted by molar-refractivity contribution is -0.134. The molecule has 2 atom stereocenters. The summed E-state index contributed by atoms with van der Waals surface area (Å²) in [6.45, 7) is 27.4. The van der Waals surface area contributed by atoms with Crippen molar-refractivity contribution in [3.05, 3.63) is 117 Å². The second-order valence-electron chi connectivity index (χ2n) is 18.4. The molecule has 6 nitrogen and oxygen atoms in total. The summed E-state index contributed by atoms with van der Waals surface area (Å²) in [4.78, 5) is 26.9. The highest BCUT2D eigenvalue weighted by molar-refractivity contribution is 5.91. The van der Waals surface area contributed by atoms with E-state index in [1.807, 2.05) is 48.5 Å². The van der Waals surface area contributed by atoms with Crippen LogP contribution < -0.4 is 18.9 Å². The van der Waals surface area contributed by atoms with E-state index in [9.17, 15) is 9.59 Å². The van der Waals surface area contributed by atoms with Gasteiger partial charge in [0.1, 0.15) is 48.0 Å². The topological polar surface area (TPSA) is 71.1 Å². The van der Waals surface area contributed by atoms with Gasteiger partial charge in [-0.15, -0.1) is 0 Å². The molecule has 4 aromatic carbocycles. The minimum absolute atomic E-state index is 0.0337. The van der Waals surface area contributed by atoms with Crippen molar-refractivity contribution in [1.29, 1.82) is 0 Å². The van der Waals surface area contributed by atoms with Crippen LogP contribution in [0.4, 0.5) is 0 Å². The normalized spacial score (nSPS) is 17.0. The predicted molar refractivity (Wildman–Crippen MR) is 225 cm³/mol. The Labute approximate surface area is 335 Å². The van der Waals surface area contributed by atoms with Crippen LogP contribution >= 0.6 is 0 Å². The van der Waals surface area contributed by atoms with E-state index in [1.165, 1.54) is 11.1 Å². The number of hydrogen-bond acceptors (Lipinski definition) is 6. The van der Waals surface area contributed by atoms with Crippen molar-refractivity contribution in [3.8, 4) is 23.0 Å². The zero-order valence-electron chi connectivity index (χ0n) is 35.8. The van der Waals surface area contributed by atoms with Crippen molar-refractivity contribution < 1.29 is 28.5 Å². The van der Waals surface area contributed by atoms with Gasteiger partial charge < -0.3 is 18.9 Å². The quantitative estimate of drug-likeness (QED) is 0.0683. The van der Waals surface area contributed by atoms with Gasteiger partial charge in [0.05, 0.1) is 0 Å². The first-order chi connectivity index (χ1) is 26.4. The number of ether oxygens (including phenoxy) is 4. The summed E-state index contributed by atoms with van der Waals surface area (Å²) in [7, 11) is 0. The summed E-state index contributed by atoms with van der Waals surface area (Å²) < 4.78 is 24.2. The highest BCUT2D eigenvalue weighted by Crippen LogP contribution is 2.50. The van der Waals surface area contributed by atoms with Gasteiger partial charge in [-0.05, 0) is 93.9 Å². The maximum Gasteiger partial charge on any atom is 0.323 e. The number of carbonyl (C=O) groups is 2. The summed E-state index contributed by atoms with van der Waals surface area (Å²) in [5.41, 5.74) is 7.98. The molecule has 4 aromatic rings. The highest BCUT2D eigenvalue weighted by atomic mass is 16.5. The molecule has 0 bridgehead atoms. The molecule has 0 fully saturated rings. The smallest absolute Gasteiger partial charge is 0.323 e. The fourth-order valence-corrected chi connectivity index (χ4v) is 7.57. The first kappa shape index (κ1) is 41.1. The van der Waals surface area contributed by atoms with Crippen LogP contribution in [0.3, 0.4) is 0 Å². The van der Waals surface area contributed by atoms with Gasteiger partial charge in [0.25, 0.3) is 0 Å². The fraction of sp³-hybridized carbons (Fsp3) is 0.480. The van der Waals surface area contributed by atoms with E-state index in [0.717, 1.165) is 70.6 Å². The minimum atomic E-state index is -0.487. The molecule has 6 heteroatoms. The van der Waals surface area contributed by atoms with Crippen LogP contribution in [0.15, 0.2) is 72.8 Å². The van der Waals surface area contributed by atoms with Crippen LogP contribution in [0.25, 0.3) is 0 Å². The number of benzene rings is 4. The highest BCUT2D eigenvalue weighted by Gasteiger charge is 2.42. The summed E-state index contributed by atoms with van der Waals surface area (Å²) >= 11 is 0. The molecule has 0 saturated heterocycles. The lowest BCUT2D eigenvalue weighted by Gasteiger charge is -2.30. The Morgan fingerprint density at radius 2 is 0.804 bits per heavy atom. The minimum Gasteiger partial charge on any atom is -0.490 e. The van der Waals surface area contributed by atoms with Crippen LogP contribution in [0.2, 0.25) is 0 Å². The van der Waals surface area contributed by atoms with Gasteiger partial charge in [-0.25, -0.2) is 0 Å². The maximum absolute atomic E-state index is 13.5. The van der Waals surface area contributed by atoms with Crippen LogP contribution in [0, 0.1) is 0 Å². The van der Waals surface area contributed by atoms with E-state index >= 15 is 0 Å². The second-order valence-corrected chi connectivity index (χ2v) is 18.4. The molecule has 2 unspecified atom stereocenters. The van der Waals surface area contributed by atoms with Gasteiger partial charge in [-0.2, -0.15) is 0 Å². The van der Waals surface area contributed by atoms with Crippen LogP contribution in [-0.4, -0.2) is 25.2 Å². The number of rotatable bonds is 15. The fourth-order valence-electron chi connectivity index (χ4n) is 7.57. The van der Waals surface area contributed by atoms with E-state index in [0.29, 0.717) is 24.7 Å². The van der Waals surface area contributed by atoms with Crippen LogP contribution in [-0.2, 0) is 31.2 Å². The summed E-state index contributed by atoms with van der Waals surface area (Å²) in [5.74, 6) is 1.38. The Morgan fingerprint density at radius 3 is 1.11 bits per heavy atom. The lowest BCUT2D eigenvalue weighted by atomic mass is 9.74. The average molecular weight is 759 g/mol. The molecule has 0 N–H and O–H groups in total. The second kappa shape index (κ2) is 15.4. The third-order valence-electron chi connectivity index (χ3n) is 13.3. The molecule has 0 amide bonds. The lowest BCUT2D eigenvalue weighted by Crippen LogP contribution is -2.21. The van der Waals surface area contributed by atoms with Crippen molar-refractivity contribution in [2.45, 2.75) is 142 Å². The third-order valence-corrected chi connectivity index (χ3v) is 13.3. The molecule has 2 heterocycles. The molecule has 0 spiro atoms. The monoisotopic (exact) mass is 758 g/mol. The van der Waals surface area contributed by atoms with Crippen LogP contribution in [0.1, 0.15) is 165 Å². The Morgan fingerprint density at radius 1 is 0.482 bits per heavy atom. The van der Waals surface area contributed by atoms with Gasteiger partial charge in [0.2, 0.25) is 0 Å². The van der Waals surface area contributed by atoms with Crippen LogP contribution in [0.5, 0.6) is 23.0 Å². The number of fused-ring (bicyclic) bond motifs is 2. The van der Waals surface area contributed by atoms with E-state index in [-0.39, 0.29) is 33.6 Å². The van der Waals surface area contributed by atoms with E-state index < -0.39 is 11.8 Å². The molecule has 0 aromatic heterocycles. The average Bonchev–Trinajstić information content (AvgIpc) is 3.70. The molecule has 56 heavy (non-hydrogen) atoms. The molecule has 6 rings (SSSR count). The van der Waals surface area contributed by atoms with E-state index in [1.54, 1.807) is 0 Å². The molecular weight excluding hydrogens is 697 g/mol. The summed E-state index contributed by atoms with van der Waals surface area (Å²) in [6.07, 6.45) is 3.84. The number of hydrogen-bond donors (Lipinski definition) is 0. The number of esters is 2. The first-order valence-electron chi connectivity index (χ1n) is 20.6. The summed E-state index contributed by atoms with van der Waals surface area (Å²) in [6, 6.07) is 24.4. The predicted octanol–water partition coefficient (Wildman–Crippen LogP) is 12.0. The first-order valence-corrected chi connectivity index (χ1v) is 20.6. The van der Waals surface area contributed by atoms with Gasteiger partial charge >= 0.3 is 11.9 Å². The third kappa shape index (κ3) is 7.73. The maximum atomic E-state index is 13.5. The van der Waals surface area contributed by atoms with Crippen molar-refractivity contribution >= 4 is 11.9 Å². The van der Waals surface area contributed by atoms with Gasteiger partial charge in [0.15, 0.2) is 0 Å². The standard InChI is InChI=1S/C50H62O6/c1-13-47(5,6)33-27-37-41(45(51)55-43(37)39(29-33)49(9,10)15-3)31-17-21-35(22-18-31)53-25-26-54-36-23-19-32(20-24-36)42-38-28-34(48(7,8)14-2)30-40(50(11,12)16-4)44(38)56-46(42)52/h17-24,27-30,41-42H,13-16,25-26H2,1-12H3. The molecule has 2 aliphatic heterocycles. The molecule has 2 aliphatic rings. The zero-order valence-corrected chi connectivity index (χ0v) is 35.8. The largest absolute Gasteiger partial charge is 0.490 e. The van der Waals surface area contributed by atoms with Crippen molar-refractivity contribution in [1.82, 2.24) is 0 Å². The van der Waals surface area contributed by atoms with E-state index in [4.69, 9.17) is 18.9 Å². The summed E-state index contributed by atoms with van der Waals surface area (Å²) in [5, 5.41) is 0. The number of carbonyl (C=O) groups excluding carboxylic acids is 2. The van der Waals surface area contributed by atoms with E-state index in [2.05, 4.69) is 107 Å². The van der Waals surface area contributed by atoms with Gasteiger partial charge in [-0.3, -0.25) is 9.59 Å². The Balaban J connectivity index is 1.12. The van der Waals surface area contributed by atoms with Crippen molar-refractivity contribution in [2.24, 2.45) is 0 Å². The molecule has 0 radical (unpaired) electrons.